The Kier molecular flexibility index (Phi) is 15.2. The Bertz CT molecular complexity index is 3040. The first-order chi connectivity index (χ1) is 36.2. The topological polar surface area (TPSA) is 181 Å². The number of hydrogen-bond donors (Lipinski definition) is 2. The molecule has 15 nitrogen and oxygen atoms in total. The highest BCUT2D eigenvalue weighted by Gasteiger charge is 2.66. The van der Waals surface area contributed by atoms with Crippen LogP contribution in [0.5, 0.6) is 34.5 Å². The van der Waals surface area contributed by atoms with Crippen LogP contribution in [0.15, 0.2) is 163 Å². The number of carbonyl (C=O) groups is 1. The number of aliphatic hydroxyl groups excluding tert-OH is 2. The van der Waals surface area contributed by atoms with Gasteiger partial charge in [0.2, 0.25) is 12.6 Å². The maximum atomic E-state index is 15.3. The van der Waals surface area contributed by atoms with Crippen molar-refractivity contribution in [3.63, 3.8) is 0 Å². The van der Waals surface area contributed by atoms with E-state index >= 15 is 4.79 Å². The molecule has 6 aromatic rings. The van der Waals surface area contributed by atoms with Crippen molar-refractivity contribution in [1.29, 1.82) is 0 Å². The molecule has 382 valence electrons. The number of benzene rings is 6. The number of hydrogen-bond acceptors (Lipinski definition) is 13. The van der Waals surface area contributed by atoms with Gasteiger partial charge in [-0.2, -0.15) is 0 Å². The summed E-state index contributed by atoms with van der Waals surface area (Å²) in [6.07, 6.45) is 7.47. The second-order valence-electron chi connectivity index (χ2n) is 19.1. The van der Waals surface area contributed by atoms with Crippen molar-refractivity contribution in [2.24, 2.45) is 22.9 Å². The molecule has 0 saturated heterocycles. The standard InChI is InChI=1S/C59H59N3O12/c1-2-30-70-59-55(61(36-40-18-26-53-54(31-40)69-38-68-53)58(65)73-45-23-20-44(21-24-45)62(66)67)35-51(60-71-37-39-12-4-3-5-13-39)49-33-43(16-8-10-28-63)48(17-9-11-29-64)56(57(49)59)50-34-47(25-27-52(50)74-59)72-46-22-19-41-14-6-7-15-42(41)32-46/h2-7,12-15,18-27,31-34,43,48,55-57,63-64H,1,8-11,16-17,28-30,35-38H2/t43-,48+,55-,56+,57+,59+/m0/s1. The van der Waals surface area contributed by atoms with Gasteiger partial charge in [0.15, 0.2) is 11.5 Å². The van der Waals surface area contributed by atoms with Crippen LogP contribution in [0, 0.1) is 27.9 Å². The van der Waals surface area contributed by atoms with E-state index in [0.29, 0.717) is 52.9 Å². The van der Waals surface area contributed by atoms with Gasteiger partial charge in [-0.15, -0.1) is 6.58 Å². The fourth-order valence-corrected chi connectivity index (χ4v) is 11.2. The molecule has 6 aromatic carbocycles. The number of amides is 1. The number of aliphatic hydroxyl groups is 2. The van der Waals surface area contributed by atoms with Gasteiger partial charge in [0.25, 0.3) is 5.69 Å². The molecule has 0 aromatic heterocycles. The predicted molar refractivity (Wildman–Crippen MR) is 277 cm³/mol. The number of ether oxygens (including phenoxy) is 6. The largest absolute Gasteiger partial charge is 0.459 e. The Labute approximate surface area is 429 Å². The van der Waals surface area contributed by atoms with E-state index in [0.717, 1.165) is 53.2 Å². The molecule has 0 unspecified atom stereocenters. The van der Waals surface area contributed by atoms with E-state index in [9.17, 15) is 20.3 Å². The first-order valence-electron chi connectivity index (χ1n) is 25.3. The number of carbonyl (C=O) groups excluding carboxylic acids is 1. The summed E-state index contributed by atoms with van der Waals surface area (Å²) in [6, 6.07) is 39.6. The van der Waals surface area contributed by atoms with Gasteiger partial charge in [-0.1, -0.05) is 96.9 Å². The zero-order valence-corrected chi connectivity index (χ0v) is 41.0. The quantitative estimate of drug-likeness (QED) is 0.0302. The van der Waals surface area contributed by atoms with Crippen molar-refractivity contribution < 1.29 is 53.2 Å². The van der Waals surface area contributed by atoms with E-state index in [1.54, 1.807) is 17.0 Å². The molecule has 2 aliphatic heterocycles. The smallest absolute Gasteiger partial charge is 0.416 e. The summed E-state index contributed by atoms with van der Waals surface area (Å²) in [7, 11) is 0. The SMILES string of the molecule is C=CCO[C@@]12Oc3ccc(Oc4ccc5ccccc5c4)cc3[C@H]3[C@H](CCCCO)[C@@H](CCCCO)C=C(C(=NOCc4ccccc4)C[C@@H]1N(Cc1ccc4c(c1)OCO4)C(=O)Oc1ccc([N+](=O)[O-])cc1)[C@H]32. The number of nitro benzene ring substituents is 1. The minimum Gasteiger partial charge on any atom is -0.459 e. The lowest BCUT2D eigenvalue weighted by Crippen LogP contribution is -2.70. The van der Waals surface area contributed by atoms with Gasteiger partial charge in [-0.05, 0) is 120 Å². The molecule has 0 bridgehead atoms. The van der Waals surface area contributed by atoms with Gasteiger partial charge in [-0.3, -0.25) is 15.0 Å². The van der Waals surface area contributed by atoms with Crippen LogP contribution in [-0.4, -0.2) is 70.3 Å². The van der Waals surface area contributed by atoms with Gasteiger partial charge in [0, 0.05) is 49.8 Å². The highest BCUT2D eigenvalue weighted by atomic mass is 16.7. The Morgan fingerprint density at radius 2 is 1.51 bits per heavy atom. The molecule has 0 radical (unpaired) electrons. The van der Waals surface area contributed by atoms with E-state index in [-0.39, 0.29) is 75.4 Å². The summed E-state index contributed by atoms with van der Waals surface area (Å²) in [6.45, 7) is 4.41. The van der Waals surface area contributed by atoms with Gasteiger partial charge < -0.3 is 43.5 Å². The molecule has 2 heterocycles. The number of nitrogens with zero attached hydrogens (tertiary/aromatic N) is 3. The Morgan fingerprint density at radius 1 is 0.797 bits per heavy atom. The van der Waals surface area contributed by atoms with Gasteiger partial charge in [0.05, 0.1) is 23.2 Å². The van der Waals surface area contributed by atoms with Crippen LogP contribution in [0.4, 0.5) is 10.5 Å². The maximum absolute atomic E-state index is 15.3. The third kappa shape index (κ3) is 10.5. The van der Waals surface area contributed by atoms with Crippen LogP contribution in [0.25, 0.3) is 10.8 Å². The molecule has 4 aliphatic rings. The number of allylic oxidation sites excluding steroid dienone is 1. The second-order valence-corrected chi connectivity index (χ2v) is 19.1. The van der Waals surface area contributed by atoms with Crippen LogP contribution in [0.3, 0.4) is 0 Å². The van der Waals surface area contributed by atoms with E-state index in [1.807, 2.05) is 84.9 Å². The lowest BCUT2D eigenvalue weighted by atomic mass is 9.55. The molecule has 10 rings (SSSR count). The molecule has 1 saturated carbocycles. The molecule has 6 atom stereocenters. The van der Waals surface area contributed by atoms with Crippen molar-refractivity contribution in [3.05, 3.63) is 185 Å². The molecule has 1 amide bonds. The summed E-state index contributed by atoms with van der Waals surface area (Å²) >= 11 is 0. The zero-order chi connectivity index (χ0) is 51.0. The monoisotopic (exact) mass is 1000 g/mol. The van der Waals surface area contributed by atoms with Crippen molar-refractivity contribution in [1.82, 2.24) is 4.90 Å². The number of nitro groups is 1. The third-order valence-electron chi connectivity index (χ3n) is 14.5. The summed E-state index contributed by atoms with van der Waals surface area (Å²) in [5, 5.41) is 39.0. The normalized spacial score (nSPS) is 21.7. The maximum Gasteiger partial charge on any atom is 0.416 e. The lowest BCUT2D eigenvalue weighted by Gasteiger charge is -2.59. The predicted octanol–water partition coefficient (Wildman–Crippen LogP) is 11.8. The van der Waals surface area contributed by atoms with E-state index in [4.69, 9.17) is 38.4 Å². The highest BCUT2D eigenvalue weighted by Crippen LogP contribution is 2.62. The molecule has 2 aliphatic carbocycles. The van der Waals surface area contributed by atoms with Gasteiger partial charge >= 0.3 is 6.09 Å². The summed E-state index contributed by atoms with van der Waals surface area (Å²) in [5.41, 5.74) is 3.78. The minimum atomic E-state index is -1.63. The van der Waals surface area contributed by atoms with E-state index in [1.165, 1.54) is 24.3 Å². The highest BCUT2D eigenvalue weighted by molar-refractivity contribution is 6.03. The van der Waals surface area contributed by atoms with Crippen molar-refractivity contribution in [2.45, 2.75) is 75.8 Å². The minimum absolute atomic E-state index is 0.0164. The lowest BCUT2D eigenvalue weighted by molar-refractivity contribution is -0.384. The average Bonchev–Trinajstić information content (AvgIpc) is 3.93. The number of non-ortho nitro benzene ring substituents is 1. The first kappa shape index (κ1) is 49.8. The van der Waals surface area contributed by atoms with Crippen LogP contribution in [0.1, 0.15) is 67.6 Å². The summed E-state index contributed by atoms with van der Waals surface area (Å²) in [5.74, 6) is 0.307. The third-order valence-corrected chi connectivity index (χ3v) is 14.5. The average molecular weight is 1000 g/mol. The van der Waals surface area contributed by atoms with Crippen LogP contribution >= 0.6 is 0 Å². The summed E-state index contributed by atoms with van der Waals surface area (Å²) in [4.78, 5) is 34.4. The van der Waals surface area contributed by atoms with Crippen molar-refractivity contribution >= 4 is 28.3 Å². The molecular weight excluding hydrogens is 943 g/mol. The Balaban J connectivity index is 1.16. The van der Waals surface area contributed by atoms with Crippen LogP contribution in [-0.2, 0) is 22.7 Å². The molecule has 0 spiro atoms. The number of oxime groups is 1. The van der Waals surface area contributed by atoms with E-state index < -0.39 is 28.8 Å². The van der Waals surface area contributed by atoms with Crippen molar-refractivity contribution in [2.75, 3.05) is 26.6 Å². The zero-order valence-electron chi connectivity index (χ0n) is 41.0. The molecule has 1 fully saturated rings. The first-order valence-corrected chi connectivity index (χ1v) is 25.3. The van der Waals surface area contributed by atoms with Gasteiger partial charge in [-0.25, -0.2) is 4.79 Å². The molecule has 15 heteroatoms. The fraction of sp³-hybridized carbons (Fsp3) is 0.322. The Hall–Kier alpha value is -7.72. The summed E-state index contributed by atoms with van der Waals surface area (Å²) < 4.78 is 39.1. The molecule has 2 N–H and O–H groups in total. The second kappa shape index (κ2) is 22.6. The van der Waals surface area contributed by atoms with Crippen LogP contribution < -0.4 is 23.7 Å². The number of rotatable bonds is 21. The van der Waals surface area contributed by atoms with Crippen LogP contribution in [0.2, 0.25) is 0 Å². The number of unbranched alkanes of at least 4 members (excludes halogenated alkanes) is 2. The van der Waals surface area contributed by atoms with Gasteiger partial charge in [0.1, 0.15) is 35.6 Å². The fourth-order valence-electron chi connectivity index (χ4n) is 11.2. The molecule has 74 heavy (non-hydrogen) atoms. The number of fused-ring (bicyclic) bond motifs is 4. The molecular formula is C59H59N3O12. The van der Waals surface area contributed by atoms with E-state index in [2.05, 4.69) is 30.9 Å². The Morgan fingerprint density at radius 3 is 2.30 bits per heavy atom. The van der Waals surface area contributed by atoms with Crippen molar-refractivity contribution in [3.8, 4) is 34.5 Å².